The van der Waals surface area contributed by atoms with Gasteiger partial charge in [-0.3, -0.25) is 4.79 Å². The molecule has 0 saturated carbocycles. The molecule has 3 aromatic rings. The third-order valence-corrected chi connectivity index (χ3v) is 6.94. The van der Waals surface area contributed by atoms with E-state index in [1.54, 1.807) is 4.68 Å². The molecule has 1 aromatic heterocycles. The number of hydrogen-bond acceptors (Lipinski definition) is 4. The molecule has 178 valence electrons. The summed E-state index contributed by atoms with van der Waals surface area (Å²) in [6, 6.07) is 9.79. The summed E-state index contributed by atoms with van der Waals surface area (Å²) in [5, 5.41) is 7.52. The lowest BCUT2D eigenvalue weighted by Crippen LogP contribution is -2.46. The van der Waals surface area contributed by atoms with Gasteiger partial charge in [0.15, 0.2) is 17.3 Å². The van der Waals surface area contributed by atoms with E-state index in [1.165, 1.54) is 6.07 Å². The zero-order valence-electron chi connectivity index (χ0n) is 19.6. The molecule has 1 saturated heterocycles. The molecule has 0 unspecified atom stereocenters. The molecule has 1 fully saturated rings. The number of benzene rings is 2. The third-order valence-electron chi connectivity index (χ3n) is 6.94. The first-order valence-electron chi connectivity index (χ1n) is 11.9. The van der Waals surface area contributed by atoms with Gasteiger partial charge in [-0.15, -0.1) is 0 Å². The van der Waals surface area contributed by atoms with E-state index in [2.05, 4.69) is 39.3 Å². The number of aromatic nitrogens is 2. The SMILES string of the molecule is CCN1CCN(c2ccc(NC(=O)c3nn(-c4ccc(F)c(F)c4)c4c3CCC4)c(C)c2)CC1. The largest absolute Gasteiger partial charge is 0.369 e. The van der Waals surface area contributed by atoms with Crippen LogP contribution in [0.1, 0.15) is 40.7 Å². The third kappa shape index (κ3) is 4.18. The van der Waals surface area contributed by atoms with Crippen molar-refractivity contribution in [2.24, 2.45) is 0 Å². The molecule has 2 aliphatic rings. The quantitative estimate of drug-likeness (QED) is 0.609. The van der Waals surface area contributed by atoms with Gasteiger partial charge in [0.2, 0.25) is 0 Å². The van der Waals surface area contributed by atoms with Crippen molar-refractivity contribution in [1.82, 2.24) is 14.7 Å². The maximum absolute atomic E-state index is 13.8. The van der Waals surface area contributed by atoms with Gasteiger partial charge in [0.1, 0.15) is 0 Å². The van der Waals surface area contributed by atoms with Crippen molar-refractivity contribution in [2.45, 2.75) is 33.1 Å². The first kappa shape index (κ1) is 22.5. The van der Waals surface area contributed by atoms with Gasteiger partial charge < -0.3 is 15.1 Å². The number of carbonyl (C=O) groups is 1. The van der Waals surface area contributed by atoms with Crippen LogP contribution in [0.2, 0.25) is 0 Å². The molecule has 0 radical (unpaired) electrons. The average molecular weight is 466 g/mol. The summed E-state index contributed by atoms with van der Waals surface area (Å²) in [6.45, 7) is 9.35. The van der Waals surface area contributed by atoms with Crippen LogP contribution in [0.5, 0.6) is 0 Å². The number of aryl methyl sites for hydroxylation is 1. The Bertz CT molecular complexity index is 1230. The predicted octanol–water partition coefficient (Wildman–Crippen LogP) is 4.34. The standard InChI is InChI=1S/C26H29F2N5O/c1-3-31-11-13-32(14-12-31)18-8-10-23(17(2)15-18)29-26(34)25-20-5-4-6-24(20)33(30-25)19-7-9-21(27)22(28)16-19/h7-10,15-16H,3-6,11-14H2,1-2H3,(H,29,34). The van der Waals surface area contributed by atoms with Crippen molar-refractivity contribution < 1.29 is 13.6 Å². The number of nitrogens with zero attached hydrogens (tertiary/aromatic N) is 4. The lowest BCUT2D eigenvalue weighted by atomic mass is 10.1. The normalized spacial score (nSPS) is 16.1. The fraction of sp³-hybridized carbons (Fsp3) is 0.385. The molecule has 2 heterocycles. The molecule has 0 bridgehead atoms. The molecule has 1 aliphatic carbocycles. The number of hydrogen-bond donors (Lipinski definition) is 1. The molecule has 0 spiro atoms. The molecule has 1 amide bonds. The van der Waals surface area contributed by atoms with Gasteiger partial charge in [0.25, 0.3) is 5.91 Å². The number of nitrogens with one attached hydrogen (secondary N) is 1. The summed E-state index contributed by atoms with van der Waals surface area (Å²) in [5.74, 6) is -2.12. The maximum atomic E-state index is 13.8. The van der Waals surface area contributed by atoms with E-state index in [0.717, 1.165) is 92.3 Å². The lowest BCUT2D eigenvalue weighted by Gasteiger charge is -2.35. The average Bonchev–Trinajstić information content (AvgIpc) is 3.45. The second-order valence-electron chi connectivity index (χ2n) is 9.01. The number of likely N-dealkylation sites (N-methyl/N-ethyl adjacent to an activating group) is 1. The van der Waals surface area contributed by atoms with E-state index >= 15 is 0 Å². The van der Waals surface area contributed by atoms with Crippen LogP contribution in [0.15, 0.2) is 36.4 Å². The van der Waals surface area contributed by atoms with Crippen LogP contribution in [-0.2, 0) is 12.8 Å². The number of anilines is 2. The number of carbonyl (C=O) groups excluding carboxylic acids is 1. The van der Waals surface area contributed by atoms with Crippen LogP contribution >= 0.6 is 0 Å². The van der Waals surface area contributed by atoms with Crippen molar-refractivity contribution in [1.29, 1.82) is 0 Å². The van der Waals surface area contributed by atoms with Gasteiger partial charge in [0, 0.05) is 54.9 Å². The molecule has 1 aliphatic heterocycles. The summed E-state index contributed by atoms with van der Waals surface area (Å²) in [7, 11) is 0. The Morgan fingerprint density at radius 1 is 1.00 bits per heavy atom. The molecule has 5 rings (SSSR count). The highest BCUT2D eigenvalue weighted by molar-refractivity contribution is 6.04. The van der Waals surface area contributed by atoms with Gasteiger partial charge >= 0.3 is 0 Å². The number of rotatable bonds is 5. The summed E-state index contributed by atoms with van der Waals surface area (Å²) < 4.78 is 28.8. The Balaban J connectivity index is 1.36. The van der Waals surface area contributed by atoms with Crippen molar-refractivity contribution in [2.75, 3.05) is 42.9 Å². The van der Waals surface area contributed by atoms with Crippen LogP contribution in [0, 0.1) is 18.6 Å². The Morgan fingerprint density at radius 2 is 1.76 bits per heavy atom. The highest BCUT2D eigenvalue weighted by Gasteiger charge is 2.27. The first-order chi connectivity index (χ1) is 16.4. The van der Waals surface area contributed by atoms with Gasteiger partial charge in [0.05, 0.1) is 5.69 Å². The number of fused-ring (bicyclic) bond motifs is 1. The molecule has 6 nitrogen and oxygen atoms in total. The van der Waals surface area contributed by atoms with Gasteiger partial charge in [-0.25, -0.2) is 13.5 Å². The van der Waals surface area contributed by atoms with Crippen LogP contribution in [0.4, 0.5) is 20.2 Å². The second-order valence-corrected chi connectivity index (χ2v) is 9.01. The fourth-order valence-electron chi connectivity index (χ4n) is 4.94. The highest BCUT2D eigenvalue weighted by atomic mass is 19.2. The topological polar surface area (TPSA) is 53.4 Å². The zero-order chi connectivity index (χ0) is 23.8. The minimum atomic E-state index is -0.933. The fourth-order valence-corrected chi connectivity index (χ4v) is 4.94. The van der Waals surface area contributed by atoms with Crippen molar-refractivity contribution in [3.63, 3.8) is 0 Å². The van der Waals surface area contributed by atoms with Gasteiger partial charge in [-0.05, 0) is 68.6 Å². The smallest absolute Gasteiger partial charge is 0.276 e. The Labute approximate surface area is 198 Å². The van der Waals surface area contributed by atoms with E-state index in [9.17, 15) is 13.6 Å². The Morgan fingerprint density at radius 3 is 2.47 bits per heavy atom. The van der Waals surface area contributed by atoms with E-state index in [0.29, 0.717) is 11.4 Å². The maximum Gasteiger partial charge on any atom is 0.276 e. The minimum Gasteiger partial charge on any atom is -0.369 e. The molecule has 2 aromatic carbocycles. The zero-order valence-corrected chi connectivity index (χ0v) is 19.6. The van der Waals surface area contributed by atoms with E-state index in [4.69, 9.17) is 0 Å². The molecule has 8 heteroatoms. The highest BCUT2D eigenvalue weighted by Crippen LogP contribution is 2.30. The van der Waals surface area contributed by atoms with Gasteiger partial charge in [-0.1, -0.05) is 6.92 Å². The summed E-state index contributed by atoms with van der Waals surface area (Å²) in [4.78, 5) is 18.0. The van der Waals surface area contributed by atoms with E-state index in [1.807, 2.05) is 13.0 Å². The van der Waals surface area contributed by atoms with E-state index < -0.39 is 11.6 Å². The Hall–Kier alpha value is -3.26. The van der Waals surface area contributed by atoms with Crippen LogP contribution in [-0.4, -0.2) is 53.3 Å². The van der Waals surface area contributed by atoms with Crippen molar-refractivity contribution in [3.8, 4) is 5.69 Å². The molecular formula is C26H29F2N5O. The molecule has 0 atom stereocenters. The van der Waals surface area contributed by atoms with Gasteiger partial charge in [-0.2, -0.15) is 5.10 Å². The predicted molar refractivity (Wildman–Crippen MR) is 129 cm³/mol. The monoisotopic (exact) mass is 465 g/mol. The summed E-state index contributed by atoms with van der Waals surface area (Å²) >= 11 is 0. The number of piperazine rings is 1. The number of amides is 1. The molecule has 1 N–H and O–H groups in total. The first-order valence-corrected chi connectivity index (χ1v) is 11.9. The number of halogens is 2. The molecule has 34 heavy (non-hydrogen) atoms. The summed E-state index contributed by atoms with van der Waals surface area (Å²) in [6.07, 6.45) is 2.38. The minimum absolute atomic E-state index is 0.285. The van der Waals surface area contributed by atoms with Crippen LogP contribution in [0.3, 0.4) is 0 Å². The summed E-state index contributed by atoms with van der Waals surface area (Å²) in [5.41, 5.74) is 5.42. The Kier molecular flexibility index (Phi) is 6.08. The van der Waals surface area contributed by atoms with Crippen molar-refractivity contribution >= 4 is 17.3 Å². The van der Waals surface area contributed by atoms with Crippen molar-refractivity contribution in [3.05, 3.63) is 70.5 Å². The lowest BCUT2D eigenvalue weighted by molar-refractivity contribution is 0.102. The van der Waals surface area contributed by atoms with E-state index in [-0.39, 0.29) is 5.91 Å². The second kappa shape index (κ2) is 9.18. The van der Waals surface area contributed by atoms with Crippen LogP contribution in [0.25, 0.3) is 5.69 Å². The molecular weight excluding hydrogens is 436 g/mol. The van der Waals surface area contributed by atoms with Crippen LogP contribution < -0.4 is 10.2 Å².